The zero-order valence-corrected chi connectivity index (χ0v) is 8.84. The van der Waals surface area contributed by atoms with Gasteiger partial charge in [-0.3, -0.25) is 0 Å². The first-order valence-electron chi connectivity index (χ1n) is 5.02. The molecule has 0 N–H and O–H groups in total. The molecule has 1 aromatic heterocycles. The van der Waals surface area contributed by atoms with Crippen LogP contribution in [0.4, 0.5) is 4.39 Å². The fourth-order valence-corrected chi connectivity index (χ4v) is 2.14. The lowest BCUT2D eigenvalue weighted by Crippen LogP contribution is -1.98. The third kappa shape index (κ3) is 1.42. The van der Waals surface area contributed by atoms with E-state index in [2.05, 4.69) is 9.55 Å². The summed E-state index contributed by atoms with van der Waals surface area (Å²) < 4.78 is 15.2. The van der Waals surface area contributed by atoms with Gasteiger partial charge >= 0.3 is 0 Å². The zero-order valence-electron chi connectivity index (χ0n) is 8.08. The number of alkyl halides is 1. The molecule has 1 aliphatic rings. The molecule has 0 bridgehead atoms. The van der Waals surface area contributed by atoms with E-state index in [4.69, 9.17) is 11.6 Å². The lowest BCUT2D eigenvalue weighted by atomic mass is 10.3. The fraction of sp³-hybridized carbons (Fsp3) is 0.364. The number of fused-ring (bicyclic) bond motifs is 1. The topological polar surface area (TPSA) is 17.8 Å². The van der Waals surface area contributed by atoms with E-state index < -0.39 is 0 Å². The van der Waals surface area contributed by atoms with Crippen LogP contribution in [0.5, 0.6) is 0 Å². The average Bonchev–Trinajstić information content (AvgIpc) is 2.99. The first-order valence-corrected chi connectivity index (χ1v) is 5.55. The van der Waals surface area contributed by atoms with Crippen molar-refractivity contribution in [2.24, 2.45) is 0 Å². The molecule has 0 aliphatic heterocycles. The van der Waals surface area contributed by atoms with Crippen LogP contribution in [0.15, 0.2) is 18.2 Å². The second-order valence-corrected chi connectivity index (χ2v) is 4.16. The van der Waals surface area contributed by atoms with Crippen molar-refractivity contribution in [3.63, 3.8) is 0 Å². The van der Waals surface area contributed by atoms with Crippen molar-refractivity contribution in [1.29, 1.82) is 0 Å². The molecule has 0 saturated heterocycles. The van der Waals surface area contributed by atoms with Gasteiger partial charge in [-0.2, -0.15) is 0 Å². The first-order chi connectivity index (χ1) is 7.29. The highest BCUT2D eigenvalue weighted by atomic mass is 35.5. The Morgan fingerprint density at radius 3 is 2.93 bits per heavy atom. The van der Waals surface area contributed by atoms with Gasteiger partial charge in [-0.05, 0) is 25.0 Å². The molecule has 4 heteroatoms. The molecule has 0 radical (unpaired) electrons. The molecule has 3 rings (SSSR count). The summed E-state index contributed by atoms with van der Waals surface area (Å²) >= 11 is 5.84. The van der Waals surface area contributed by atoms with Gasteiger partial charge < -0.3 is 4.57 Å². The third-order valence-electron chi connectivity index (χ3n) is 2.76. The molecule has 1 aliphatic carbocycles. The largest absolute Gasteiger partial charge is 0.324 e. The Kier molecular flexibility index (Phi) is 1.96. The second-order valence-electron chi connectivity index (χ2n) is 3.90. The molecule has 2 nitrogen and oxygen atoms in total. The minimum Gasteiger partial charge on any atom is -0.324 e. The van der Waals surface area contributed by atoms with Crippen molar-refractivity contribution in [2.75, 3.05) is 0 Å². The smallest absolute Gasteiger partial charge is 0.125 e. The van der Waals surface area contributed by atoms with Crippen LogP contribution in [0.25, 0.3) is 11.0 Å². The van der Waals surface area contributed by atoms with Gasteiger partial charge in [-0.1, -0.05) is 0 Å². The zero-order chi connectivity index (χ0) is 10.4. The molecule has 1 heterocycles. The van der Waals surface area contributed by atoms with Gasteiger partial charge in [0.1, 0.15) is 11.6 Å². The minimum absolute atomic E-state index is 0.246. The van der Waals surface area contributed by atoms with Crippen molar-refractivity contribution in [3.8, 4) is 0 Å². The van der Waals surface area contributed by atoms with Crippen LogP contribution in [0.3, 0.4) is 0 Å². The number of imidazole rings is 1. The van der Waals surface area contributed by atoms with Crippen LogP contribution < -0.4 is 0 Å². The summed E-state index contributed by atoms with van der Waals surface area (Å²) in [4.78, 5) is 4.34. The molecular weight excluding hydrogens is 215 g/mol. The molecule has 78 valence electrons. The van der Waals surface area contributed by atoms with E-state index in [0.717, 1.165) is 11.3 Å². The van der Waals surface area contributed by atoms with Crippen molar-refractivity contribution < 1.29 is 4.39 Å². The Hall–Kier alpha value is -1.09. The molecule has 0 atom stereocenters. The number of nitrogens with zero attached hydrogens (tertiary/aromatic N) is 2. The van der Waals surface area contributed by atoms with E-state index in [1.165, 1.54) is 25.0 Å². The molecular formula is C11H10ClFN2. The molecule has 2 aromatic rings. The van der Waals surface area contributed by atoms with E-state index in [-0.39, 0.29) is 5.82 Å². The van der Waals surface area contributed by atoms with Gasteiger partial charge in [0.15, 0.2) is 0 Å². The summed E-state index contributed by atoms with van der Waals surface area (Å²) in [6, 6.07) is 5.24. The molecule has 15 heavy (non-hydrogen) atoms. The maximum Gasteiger partial charge on any atom is 0.125 e. The third-order valence-corrected chi connectivity index (χ3v) is 3.00. The quantitative estimate of drug-likeness (QED) is 0.716. The minimum atomic E-state index is -0.246. The van der Waals surface area contributed by atoms with Gasteiger partial charge in [0, 0.05) is 12.1 Å². The van der Waals surface area contributed by atoms with E-state index in [0.29, 0.717) is 17.4 Å². The summed E-state index contributed by atoms with van der Waals surface area (Å²) in [5.41, 5.74) is 1.70. The second kappa shape index (κ2) is 3.20. The van der Waals surface area contributed by atoms with Gasteiger partial charge in [0.25, 0.3) is 0 Å². The number of rotatable bonds is 2. The van der Waals surface area contributed by atoms with E-state index in [1.807, 2.05) is 0 Å². The average molecular weight is 225 g/mol. The maximum atomic E-state index is 13.0. The van der Waals surface area contributed by atoms with Crippen molar-refractivity contribution in [2.45, 2.75) is 24.8 Å². The monoisotopic (exact) mass is 224 g/mol. The highest BCUT2D eigenvalue weighted by Gasteiger charge is 2.27. The fourth-order valence-electron chi connectivity index (χ4n) is 1.96. The number of halogens is 2. The highest BCUT2D eigenvalue weighted by Crippen LogP contribution is 2.38. The van der Waals surface area contributed by atoms with Crippen LogP contribution in [-0.4, -0.2) is 9.55 Å². The summed E-state index contributed by atoms with van der Waals surface area (Å²) in [5.74, 6) is 0.983. The SMILES string of the molecule is Fc1ccc2c(c1)nc(CCl)n2C1CC1. The Balaban J connectivity index is 2.28. The standard InChI is InChI=1S/C11H10ClFN2/c12-6-11-14-9-5-7(13)1-4-10(9)15(11)8-2-3-8/h1,4-5,8H,2-3,6H2. The number of aromatic nitrogens is 2. The van der Waals surface area contributed by atoms with Gasteiger partial charge in [-0.25, -0.2) is 9.37 Å². The Morgan fingerprint density at radius 1 is 1.47 bits per heavy atom. The van der Waals surface area contributed by atoms with Crippen LogP contribution >= 0.6 is 11.6 Å². The van der Waals surface area contributed by atoms with E-state index in [9.17, 15) is 4.39 Å². The predicted octanol–water partition coefficient (Wildman–Crippen LogP) is 3.25. The van der Waals surface area contributed by atoms with Gasteiger partial charge in [0.05, 0.1) is 16.9 Å². The highest BCUT2D eigenvalue weighted by molar-refractivity contribution is 6.16. The van der Waals surface area contributed by atoms with Crippen LogP contribution in [0, 0.1) is 5.82 Å². The molecule has 1 saturated carbocycles. The Morgan fingerprint density at radius 2 is 2.27 bits per heavy atom. The van der Waals surface area contributed by atoms with Crippen molar-refractivity contribution >= 4 is 22.6 Å². The summed E-state index contributed by atoms with van der Waals surface area (Å²) in [7, 11) is 0. The van der Waals surface area contributed by atoms with Gasteiger partial charge in [-0.15, -0.1) is 11.6 Å². The number of hydrogen-bond acceptors (Lipinski definition) is 1. The Labute approximate surface area is 91.7 Å². The first kappa shape index (κ1) is 9.16. The number of hydrogen-bond donors (Lipinski definition) is 0. The molecule has 0 spiro atoms. The summed E-state index contributed by atoms with van der Waals surface area (Å²) in [6.45, 7) is 0. The molecule has 1 aromatic carbocycles. The predicted molar refractivity (Wildman–Crippen MR) is 57.5 cm³/mol. The van der Waals surface area contributed by atoms with Crippen molar-refractivity contribution in [1.82, 2.24) is 9.55 Å². The number of benzene rings is 1. The molecule has 0 unspecified atom stereocenters. The van der Waals surface area contributed by atoms with E-state index in [1.54, 1.807) is 6.07 Å². The van der Waals surface area contributed by atoms with Crippen molar-refractivity contribution in [3.05, 3.63) is 29.8 Å². The normalized spacial score (nSPS) is 16.1. The molecule has 1 fully saturated rings. The lowest BCUT2D eigenvalue weighted by molar-refractivity contribution is 0.629. The Bertz CT molecular complexity index is 517. The van der Waals surface area contributed by atoms with E-state index >= 15 is 0 Å². The summed E-state index contributed by atoms with van der Waals surface area (Å²) in [5, 5.41) is 0. The van der Waals surface area contributed by atoms with Crippen LogP contribution in [-0.2, 0) is 5.88 Å². The van der Waals surface area contributed by atoms with Crippen LogP contribution in [0.1, 0.15) is 24.7 Å². The maximum absolute atomic E-state index is 13.0. The van der Waals surface area contributed by atoms with Crippen LogP contribution in [0.2, 0.25) is 0 Å². The van der Waals surface area contributed by atoms with Gasteiger partial charge in [0.2, 0.25) is 0 Å². The summed E-state index contributed by atoms with van der Waals surface area (Å²) in [6.07, 6.45) is 2.35. The lowest BCUT2D eigenvalue weighted by Gasteiger charge is -2.04. The molecule has 0 amide bonds.